The first-order chi connectivity index (χ1) is 9.49. The first-order valence-electron chi connectivity index (χ1n) is 6.99. The van der Waals surface area contributed by atoms with E-state index in [1.165, 1.54) is 17.8 Å². The Bertz CT molecular complexity index is 443. The topological polar surface area (TPSA) is 24.9 Å². The number of nitrogens with one attached hydrogen (secondary N) is 1. The van der Waals surface area contributed by atoms with Gasteiger partial charge in [-0.1, -0.05) is 19.8 Å². The molecule has 1 N–H and O–H groups in total. The Hall–Kier alpha value is -0.910. The van der Waals surface area contributed by atoms with Crippen molar-refractivity contribution in [2.24, 2.45) is 0 Å². The maximum Gasteiger partial charge on any atom is 0.416 e. The first kappa shape index (κ1) is 15.5. The van der Waals surface area contributed by atoms with Crippen LogP contribution in [0.5, 0.6) is 0 Å². The SMILES string of the molecule is CCCNc1cc(C(F)(F)F)cc(SC2CCCC2)n1. The molecule has 20 heavy (non-hydrogen) atoms. The highest BCUT2D eigenvalue weighted by Crippen LogP contribution is 2.37. The van der Waals surface area contributed by atoms with Gasteiger partial charge in [0, 0.05) is 11.8 Å². The number of nitrogens with zero attached hydrogens (tertiary/aromatic N) is 1. The zero-order valence-corrected chi connectivity index (χ0v) is 12.3. The van der Waals surface area contributed by atoms with Gasteiger partial charge in [0.05, 0.1) is 10.6 Å². The van der Waals surface area contributed by atoms with Crippen LogP contribution in [0.4, 0.5) is 19.0 Å². The Labute approximate surface area is 121 Å². The van der Waals surface area contributed by atoms with Gasteiger partial charge in [0.1, 0.15) is 5.82 Å². The van der Waals surface area contributed by atoms with E-state index in [1.807, 2.05) is 6.92 Å². The number of anilines is 1. The summed E-state index contributed by atoms with van der Waals surface area (Å²) in [6.45, 7) is 2.59. The average molecular weight is 304 g/mol. The molecule has 0 spiro atoms. The maximum atomic E-state index is 12.9. The van der Waals surface area contributed by atoms with Crippen LogP contribution in [-0.2, 0) is 6.18 Å². The van der Waals surface area contributed by atoms with E-state index in [2.05, 4.69) is 10.3 Å². The Morgan fingerprint density at radius 1 is 1.30 bits per heavy atom. The van der Waals surface area contributed by atoms with Gasteiger partial charge in [-0.15, -0.1) is 11.8 Å². The monoisotopic (exact) mass is 304 g/mol. The van der Waals surface area contributed by atoms with Crippen molar-refractivity contribution in [1.82, 2.24) is 4.98 Å². The second-order valence-electron chi connectivity index (χ2n) is 5.03. The van der Waals surface area contributed by atoms with Gasteiger partial charge in [0.15, 0.2) is 0 Å². The lowest BCUT2D eigenvalue weighted by molar-refractivity contribution is -0.137. The molecule has 2 nitrogen and oxygen atoms in total. The van der Waals surface area contributed by atoms with Crippen LogP contribution in [-0.4, -0.2) is 16.8 Å². The van der Waals surface area contributed by atoms with Crippen molar-refractivity contribution in [2.45, 2.75) is 55.5 Å². The van der Waals surface area contributed by atoms with Crippen LogP contribution >= 0.6 is 11.8 Å². The minimum absolute atomic E-state index is 0.321. The van der Waals surface area contributed by atoms with Crippen LogP contribution < -0.4 is 5.32 Å². The van der Waals surface area contributed by atoms with E-state index in [0.717, 1.165) is 38.2 Å². The van der Waals surface area contributed by atoms with Crippen LogP contribution in [0, 0.1) is 0 Å². The van der Waals surface area contributed by atoms with E-state index < -0.39 is 11.7 Å². The summed E-state index contributed by atoms with van der Waals surface area (Å²) in [6, 6.07) is 2.26. The molecule has 2 rings (SSSR count). The van der Waals surface area contributed by atoms with Crippen molar-refractivity contribution < 1.29 is 13.2 Å². The summed E-state index contributed by atoms with van der Waals surface area (Å²) in [5.74, 6) is 0.321. The molecule has 1 aromatic rings. The molecule has 0 saturated heterocycles. The van der Waals surface area contributed by atoms with Gasteiger partial charge in [-0.3, -0.25) is 0 Å². The largest absolute Gasteiger partial charge is 0.416 e. The Morgan fingerprint density at radius 2 is 2.00 bits per heavy atom. The number of rotatable bonds is 5. The Balaban J connectivity index is 2.19. The van der Waals surface area contributed by atoms with E-state index in [1.54, 1.807) is 0 Å². The van der Waals surface area contributed by atoms with Gasteiger partial charge >= 0.3 is 6.18 Å². The molecule has 1 fully saturated rings. The molecule has 0 radical (unpaired) electrons. The van der Waals surface area contributed by atoms with Crippen LogP contribution in [0.1, 0.15) is 44.6 Å². The molecule has 0 atom stereocenters. The number of thioether (sulfide) groups is 1. The van der Waals surface area contributed by atoms with Crippen molar-refractivity contribution >= 4 is 17.6 Å². The Kier molecular flexibility index (Phi) is 5.18. The van der Waals surface area contributed by atoms with Crippen molar-refractivity contribution in [3.63, 3.8) is 0 Å². The molecule has 1 saturated carbocycles. The molecular formula is C14H19F3N2S. The third-order valence-corrected chi connectivity index (χ3v) is 4.53. The van der Waals surface area contributed by atoms with Crippen LogP contribution in [0.3, 0.4) is 0 Å². The quantitative estimate of drug-likeness (QED) is 0.832. The van der Waals surface area contributed by atoms with Crippen LogP contribution in [0.25, 0.3) is 0 Å². The fourth-order valence-corrected chi connectivity index (χ4v) is 3.51. The normalized spacial score (nSPS) is 16.6. The second-order valence-corrected chi connectivity index (χ2v) is 6.35. The highest BCUT2D eigenvalue weighted by atomic mass is 32.2. The molecule has 0 aliphatic heterocycles. The second kappa shape index (κ2) is 6.70. The van der Waals surface area contributed by atoms with E-state index in [9.17, 15) is 13.2 Å². The zero-order valence-electron chi connectivity index (χ0n) is 11.5. The molecule has 0 unspecified atom stereocenters. The number of hydrogen-bond donors (Lipinski definition) is 1. The highest BCUT2D eigenvalue weighted by molar-refractivity contribution is 7.99. The minimum atomic E-state index is -4.32. The number of alkyl halides is 3. The predicted molar refractivity (Wildman–Crippen MR) is 76.1 cm³/mol. The van der Waals surface area contributed by atoms with Crippen LogP contribution in [0.2, 0.25) is 0 Å². The van der Waals surface area contributed by atoms with Gasteiger partial charge < -0.3 is 5.32 Å². The molecule has 1 aromatic heterocycles. The van der Waals surface area contributed by atoms with Crippen molar-refractivity contribution in [3.8, 4) is 0 Å². The number of pyridine rings is 1. The third kappa shape index (κ3) is 4.30. The lowest BCUT2D eigenvalue weighted by atomic mass is 10.2. The van der Waals surface area contributed by atoms with Gasteiger partial charge in [-0.2, -0.15) is 13.2 Å². The van der Waals surface area contributed by atoms with E-state index in [0.29, 0.717) is 22.6 Å². The van der Waals surface area contributed by atoms with Gasteiger partial charge in [-0.05, 0) is 31.4 Å². The fraction of sp³-hybridized carbons (Fsp3) is 0.643. The lowest BCUT2D eigenvalue weighted by Crippen LogP contribution is -2.10. The summed E-state index contributed by atoms with van der Waals surface area (Å²) in [4.78, 5) is 4.30. The standard InChI is InChI=1S/C14H19F3N2S/c1-2-7-18-12-8-10(14(15,16)17)9-13(19-12)20-11-5-3-4-6-11/h8-9,11H,2-7H2,1H3,(H,18,19). The summed E-state index contributed by atoms with van der Waals surface area (Å²) in [5, 5.41) is 3.83. The van der Waals surface area contributed by atoms with Crippen molar-refractivity contribution in [2.75, 3.05) is 11.9 Å². The average Bonchev–Trinajstić information content (AvgIpc) is 2.88. The molecule has 0 amide bonds. The predicted octanol–water partition coefficient (Wildman–Crippen LogP) is 4.96. The number of aromatic nitrogens is 1. The Morgan fingerprint density at radius 3 is 2.60 bits per heavy atom. The minimum Gasteiger partial charge on any atom is -0.370 e. The molecule has 1 aliphatic rings. The lowest BCUT2D eigenvalue weighted by Gasteiger charge is -2.14. The molecular weight excluding hydrogens is 285 g/mol. The summed E-state index contributed by atoms with van der Waals surface area (Å²) in [5.41, 5.74) is -0.619. The molecule has 1 heterocycles. The summed E-state index contributed by atoms with van der Waals surface area (Å²) >= 11 is 1.48. The smallest absolute Gasteiger partial charge is 0.370 e. The van der Waals surface area contributed by atoms with Crippen molar-refractivity contribution in [3.05, 3.63) is 17.7 Å². The van der Waals surface area contributed by atoms with Crippen molar-refractivity contribution in [1.29, 1.82) is 0 Å². The molecule has 6 heteroatoms. The fourth-order valence-electron chi connectivity index (χ4n) is 2.25. The van der Waals surface area contributed by atoms with E-state index >= 15 is 0 Å². The van der Waals surface area contributed by atoms with Crippen LogP contribution in [0.15, 0.2) is 17.2 Å². The van der Waals surface area contributed by atoms with Gasteiger partial charge in [0.2, 0.25) is 0 Å². The third-order valence-electron chi connectivity index (χ3n) is 3.27. The van der Waals surface area contributed by atoms with Gasteiger partial charge in [0.25, 0.3) is 0 Å². The molecule has 112 valence electrons. The number of halogens is 3. The molecule has 0 bridgehead atoms. The van der Waals surface area contributed by atoms with E-state index in [-0.39, 0.29) is 0 Å². The van der Waals surface area contributed by atoms with E-state index in [4.69, 9.17) is 0 Å². The summed E-state index contributed by atoms with van der Waals surface area (Å²) in [6.07, 6.45) is 0.995. The highest BCUT2D eigenvalue weighted by Gasteiger charge is 2.32. The maximum absolute atomic E-state index is 12.9. The number of hydrogen-bond acceptors (Lipinski definition) is 3. The summed E-state index contributed by atoms with van der Waals surface area (Å²) < 4.78 is 38.8. The molecule has 0 aromatic carbocycles. The summed E-state index contributed by atoms with van der Waals surface area (Å²) in [7, 11) is 0. The molecule has 1 aliphatic carbocycles. The van der Waals surface area contributed by atoms with Gasteiger partial charge in [-0.25, -0.2) is 4.98 Å². The first-order valence-corrected chi connectivity index (χ1v) is 7.87. The zero-order chi connectivity index (χ0) is 14.6.